The van der Waals surface area contributed by atoms with Crippen LogP contribution in [0.1, 0.15) is 0 Å². The van der Waals surface area contributed by atoms with Gasteiger partial charge in [0.2, 0.25) is 5.88 Å². The summed E-state index contributed by atoms with van der Waals surface area (Å²) in [5, 5.41) is 0. The number of benzene rings is 2. The highest BCUT2D eigenvalue weighted by molar-refractivity contribution is 5.28. The zero-order chi connectivity index (χ0) is 12.9. The number of aromatic amines is 1. The van der Waals surface area contributed by atoms with Gasteiger partial charge < -0.3 is 9.47 Å². The lowest BCUT2D eigenvalue weighted by molar-refractivity contribution is 0.430. The molecule has 94 valence electrons. The second kappa shape index (κ2) is 5.27. The van der Waals surface area contributed by atoms with Gasteiger partial charge in [-0.2, -0.15) is 4.98 Å². The summed E-state index contributed by atoms with van der Waals surface area (Å²) in [6, 6.07) is 19.4. The zero-order valence-corrected chi connectivity index (χ0v) is 10.1. The minimum atomic E-state index is 0.400. The van der Waals surface area contributed by atoms with Gasteiger partial charge in [0.1, 0.15) is 11.5 Å². The Balaban J connectivity index is 1.70. The Kier molecular flexibility index (Phi) is 3.14. The van der Waals surface area contributed by atoms with E-state index in [4.69, 9.17) is 9.47 Å². The van der Waals surface area contributed by atoms with Gasteiger partial charge in [0, 0.05) is 0 Å². The fourth-order valence-corrected chi connectivity index (χ4v) is 1.61. The van der Waals surface area contributed by atoms with Crippen molar-refractivity contribution in [3.63, 3.8) is 0 Å². The lowest BCUT2D eigenvalue weighted by atomic mass is 10.3. The molecule has 1 heterocycles. The average molecular weight is 252 g/mol. The molecule has 0 spiro atoms. The Hall–Kier alpha value is -2.75. The molecule has 0 saturated heterocycles. The number of imidazole rings is 1. The van der Waals surface area contributed by atoms with Crippen LogP contribution in [0.3, 0.4) is 0 Å². The van der Waals surface area contributed by atoms with E-state index < -0.39 is 0 Å². The number of nitrogens with zero attached hydrogens (tertiary/aromatic N) is 1. The van der Waals surface area contributed by atoms with Crippen molar-refractivity contribution >= 4 is 0 Å². The molecule has 2 aromatic carbocycles. The third-order valence-corrected chi connectivity index (χ3v) is 2.46. The molecule has 0 radical (unpaired) electrons. The van der Waals surface area contributed by atoms with E-state index in [-0.39, 0.29) is 0 Å². The third-order valence-electron chi connectivity index (χ3n) is 2.46. The summed E-state index contributed by atoms with van der Waals surface area (Å²) in [7, 11) is 0. The molecule has 0 amide bonds. The maximum atomic E-state index is 5.60. The van der Waals surface area contributed by atoms with Crippen LogP contribution in [-0.4, -0.2) is 9.97 Å². The van der Waals surface area contributed by atoms with E-state index in [1.807, 2.05) is 60.7 Å². The largest absolute Gasteiger partial charge is 0.439 e. The number of nitrogens with one attached hydrogen (secondary N) is 1. The van der Waals surface area contributed by atoms with E-state index >= 15 is 0 Å². The minimum absolute atomic E-state index is 0.400. The minimum Gasteiger partial charge on any atom is -0.439 e. The van der Waals surface area contributed by atoms with Gasteiger partial charge in [0.15, 0.2) is 0 Å². The van der Waals surface area contributed by atoms with Crippen molar-refractivity contribution in [2.45, 2.75) is 0 Å². The van der Waals surface area contributed by atoms with Crippen molar-refractivity contribution in [3.05, 3.63) is 66.9 Å². The molecule has 0 bridgehead atoms. The first kappa shape index (κ1) is 11.3. The molecule has 3 aromatic rings. The van der Waals surface area contributed by atoms with E-state index in [1.165, 1.54) is 0 Å². The third kappa shape index (κ3) is 2.93. The van der Waals surface area contributed by atoms with Crippen molar-refractivity contribution in [1.29, 1.82) is 0 Å². The van der Waals surface area contributed by atoms with Crippen LogP contribution >= 0.6 is 0 Å². The van der Waals surface area contributed by atoms with Gasteiger partial charge in [0.05, 0.1) is 6.20 Å². The molecular weight excluding hydrogens is 240 g/mol. The Morgan fingerprint density at radius 2 is 1.32 bits per heavy atom. The van der Waals surface area contributed by atoms with Crippen molar-refractivity contribution in [2.75, 3.05) is 0 Å². The number of H-pyrrole nitrogens is 1. The first-order valence-electron chi connectivity index (χ1n) is 5.91. The Morgan fingerprint density at radius 3 is 1.95 bits per heavy atom. The highest BCUT2D eigenvalue weighted by atomic mass is 16.5. The quantitative estimate of drug-likeness (QED) is 0.763. The Morgan fingerprint density at radius 1 is 0.737 bits per heavy atom. The zero-order valence-electron chi connectivity index (χ0n) is 10.1. The van der Waals surface area contributed by atoms with Crippen LogP contribution in [0.5, 0.6) is 23.4 Å². The summed E-state index contributed by atoms with van der Waals surface area (Å²) in [4.78, 5) is 7.06. The van der Waals surface area contributed by atoms with E-state index in [1.54, 1.807) is 6.20 Å². The van der Waals surface area contributed by atoms with Gasteiger partial charge in [-0.05, 0) is 24.3 Å². The number of hydrogen-bond donors (Lipinski definition) is 1. The van der Waals surface area contributed by atoms with E-state index in [9.17, 15) is 0 Å². The first-order valence-corrected chi connectivity index (χ1v) is 5.91. The van der Waals surface area contributed by atoms with Gasteiger partial charge in [0.25, 0.3) is 0 Å². The number of ether oxygens (including phenoxy) is 2. The SMILES string of the molecule is c1ccc(Oc2cnc(Oc3ccccc3)[nH]2)cc1. The Bertz CT molecular complexity index is 580. The molecule has 4 heteroatoms. The fraction of sp³-hybridized carbons (Fsp3) is 0. The van der Waals surface area contributed by atoms with Crippen LogP contribution in [0, 0.1) is 0 Å². The van der Waals surface area contributed by atoms with Crippen LogP contribution in [0.2, 0.25) is 0 Å². The molecule has 1 aromatic heterocycles. The summed E-state index contributed by atoms with van der Waals surface area (Å²) in [5.74, 6) is 2.01. The van der Waals surface area contributed by atoms with Crippen LogP contribution < -0.4 is 9.47 Å². The number of hydrogen-bond acceptors (Lipinski definition) is 3. The summed E-state index contributed by atoms with van der Waals surface area (Å²) in [6.45, 7) is 0. The maximum Gasteiger partial charge on any atom is 0.302 e. The first-order chi connectivity index (χ1) is 9.40. The number of rotatable bonds is 4. The smallest absolute Gasteiger partial charge is 0.302 e. The van der Waals surface area contributed by atoms with Gasteiger partial charge in [-0.3, -0.25) is 4.98 Å². The Labute approximate surface area is 110 Å². The van der Waals surface area contributed by atoms with Gasteiger partial charge in [-0.25, -0.2) is 0 Å². The lowest BCUT2D eigenvalue weighted by Gasteiger charge is -2.02. The van der Waals surface area contributed by atoms with Crippen molar-refractivity contribution in [3.8, 4) is 23.4 Å². The fourth-order valence-electron chi connectivity index (χ4n) is 1.61. The molecule has 1 N–H and O–H groups in total. The van der Waals surface area contributed by atoms with Crippen LogP contribution in [0.25, 0.3) is 0 Å². The van der Waals surface area contributed by atoms with Gasteiger partial charge in [-0.1, -0.05) is 36.4 Å². The number of para-hydroxylation sites is 2. The average Bonchev–Trinajstić information content (AvgIpc) is 2.88. The summed E-state index contributed by atoms with van der Waals surface area (Å²) in [5.41, 5.74) is 0. The molecule has 0 fully saturated rings. The molecule has 3 rings (SSSR count). The maximum absolute atomic E-state index is 5.60. The predicted molar refractivity (Wildman–Crippen MR) is 71.6 cm³/mol. The predicted octanol–water partition coefficient (Wildman–Crippen LogP) is 3.99. The van der Waals surface area contributed by atoms with E-state index in [2.05, 4.69) is 9.97 Å². The summed E-state index contributed by atoms with van der Waals surface area (Å²) in [6.07, 6.45) is 1.59. The van der Waals surface area contributed by atoms with Crippen molar-refractivity contribution in [2.24, 2.45) is 0 Å². The molecule has 0 saturated carbocycles. The topological polar surface area (TPSA) is 47.1 Å². The molecule has 0 unspecified atom stereocenters. The number of aromatic nitrogens is 2. The van der Waals surface area contributed by atoms with Gasteiger partial charge in [-0.15, -0.1) is 0 Å². The van der Waals surface area contributed by atoms with Crippen LogP contribution in [0.15, 0.2) is 66.9 Å². The second-order valence-electron chi connectivity index (χ2n) is 3.88. The van der Waals surface area contributed by atoms with Crippen LogP contribution in [0.4, 0.5) is 0 Å². The monoisotopic (exact) mass is 252 g/mol. The second-order valence-corrected chi connectivity index (χ2v) is 3.88. The summed E-state index contributed by atoms with van der Waals surface area (Å²) >= 11 is 0. The molecular formula is C15H12N2O2. The van der Waals surface area contributed by atoms with E-state index in [0.717, 1.165) is 11.5 Å². The highest BCUT2D eigenvalue weighted by Crippen LogP contribution is 2.23. The molecule has 0 atom stereocenters. The van der Waals surface area contributed by atoms with E-state index in [0.29, 0.717) is 11.9 Å². The van der Waals surface area contributed by atoms with Crippen molar-refractivity contribution in [1.82, 2.24) is 9.97 Å². The van der Waals surface area contributed by atoms with Crippen LogP contribution in [-0.2, 0) is 0 Å². The molecule has 0 aliphatic heterocycles. The molecule has 0 aliphatic rings. The molecule has 0 aliphatic carbocycles. The molecule has 4 nitrogen and oxygen atoms in total. The standard InChI is InChI=1S/C15H12N2O2/c1-3-7-12(8-4-1)18-14-11-16-15(17-14)19-13-9-5-2-6-10-13/h1-11H,(H,16,17). The lowest BCUT2D eigenvalue weighted by Crippen LogP contribution is -1.86. The van der Waals surface area contributed by atoms with Crippen molar-refractivity contribution < 1.29 is 9.47 Å². The molecule has 19 heavy (non-hydrogen) atoms. The highest BCUT2D eigenvalue weighted by Gasteiger charge is 2.04. The summed E-state index contributed by atoms with van der Waals surface area (Å²) < 4.78 is 11.1. The van der Waals surface area contributed by atoms with Gasteiger partial charge >= 0.3 is 6.01 Å². The normalized spacial score (nSPS) is 10.1.